The number of allylic oxidation sites excluding steroid dienone is 1. The zero-order chi connectivity index (χ0) is 11.6. The van der Waals surface area contributed by atoms with Crippen molar-refractivity contribution in [3.8, 4) is 0 Å². The Balaban J connectivity index is 3.08. The van der Waals surface area contributed by atoms with Gasteiger partial charge in [0.05, 0.1) is 13.7 Å². The molecule has 1 unspecified atom stereocenters. The number of thioether (sulfide) groups is 1. The third kappa shape index (κ3) is 2.51. The second kappa shape index (κ2) is 4.67. The fourth-order valence-corrected chi connectivity index (χ4v) is 2.31. The number of aliphatic hydroxyl groups excluding tert-OH is 1. The molecule has 0 saturated heterocycles. The first kappa shape index (κ1) is 12.1. The molecule has 1 heterocycles. The van der Waals surface area contributed by atoms with Crippen molar-refractivity contribution in [1.29, 1.82) is 0 Å². The van der Waals surface area contributed by atoms with E-state index in [4.69, 9.17) is 0 Å². The summed E-state index contributed by atoms with van der Waals surface area (Å²) in [7, 11) is 1.26. The molecular weight excluding hydrogens is 218 g/mol. The van der Waals surface area contributed by atoms with Gasteiger partial charge in [0.1, 0.15) is 11.1 Å². The van der Waals surface area contributed by atoms with Gasteiger partial charge in [-0.15, -0.1) is 0 Å². The van der Waals surface area contributed by atoms with Crippen molar-refractivity contribution < 1.29 is 19.4 Å². The summed E-state index contributed by atoms with van der Waals surface area (Å²) in [6, 6.07) is 0. The lowest BCUT2D eigenvalue weighted by Gasteiger charge is -2.30. The monoisotopic (exact) mass is 231 g/mol. The fraction of sp³-hybridized carbons (Fsp3) is 0.556. The number of methoxy groups -OCH3 is 1. The van der Waals surface area contributed by atoms with Crippen LogP contribution in [-0.4, -0.2) is 41.0 Å². The van der Waals surface area contributed by atoms with Crippen molar-refractivity contribution in [2.24, 2.45) is 0 Å². The zero-order valence-corrected chi connectivity index (χ0v) is 9.63. The summed E-state index contributed by atoms with van der Waals surface area (Å²) in [6.45, 7) is 3.13. The predicted molar refractivity (Wildman–Crippen MR) is 55.7 cm³/mol. The second-order valence-electron chi connectivity index (χ2n) is 3.10. The molecule has 0 spiro atoms. The quantitative estimate of drug-likeness (QED) is 0.658. The Labute approximate surface area is 92.1 Å². The highest BCUT2D eigenvalue weighted by Gasteiger charge is 2.31. The van der Waals surface area contributed by atoms with Crippen molar-refractivity contribution in [2.45, 2.75) is 19.3 Å². The third-order valence-corrected chi connectivity index (χ3v) is 2.98. The van der Waals surface area contributed by atoms with Gasteiger partial charge in [0.25, 0.3) is 0 Å². The molecule has 15 heavy (non-hydrogen) atoms. The normalized spacial score (nSPS) is 21.6. The predicted octanol–water partition coefficient (Wildman–Crippen LogP) is 0.305. The minimum Gasteiger partial charge on any atom is -0.464 e. The van der Waals surface area contributed by atoms with E-state index in [1.54, 1.807) is 6.92 Å². The minimum absolute atomic E-state index is 0.113. The first-order valence-corrected chi connectivity index (χ1v) is 5.27. The van der Waals surface area contributed by atoms with E-state index in [-0.39, 0.29) is 18.1 Å². The Morgan fingerprint density at radius 2 is 2.20 bits per heavy atom. The number of aliphatic hydroxyl groups is 1. The van der Waals surface area contributed by atoms with E-state index >= 15 is 0 Å². The van der Waals surface area contributed by atoms with E-state index in [9.17, 15) is 14.7 Å². The van der Waals surface area contributed by atoms with Crippen molar-refractivity contribution in [3.05, 3.63) is 10.6 Å². The molecule has 0 bridgehead atoms. The molecule has 0 fully saturated rings. The van der Waals surface area contributed by atoms with Gasteiger partial charge in [0.15, 0.2) is 0 Å². The summed E-state index contributed by atoms with van der Waals surface area (Å²) < 4.78 is 4.59. The maximum absolute atomic E-state index is 11.4. The fourth-order valence-electron chi connectivity index (χ4n) is 1.37. The molecule has 1 N–H and O–H groups in total. The van der Waals surface area contributed by atoms with Gasteiger partial charge in [0.2, 0.25) is 5.91 Å². The first-order valence-electron chi connectivity index (χ1n) is 4.39. The zero-order valence-electron chi connectivity index (χ0n) is 8.81. The number of carbonyl (C=O) groups excluding carboxylic acids is 2. The Morgan fingerprint density at radius 3 is 2.67 bits per heavy atom. The van der Waals surface area contributed by atoms with E-state index in [2.05, 4.69) is 4.74 Å². The molecule has 0 saturated carbocycles. The number of hydrogen-bond donors (Lipinski definition) is 1. The molecule has 1 atom stereocenters. The van der Waals surface area contributed by atoms with E-state index in [1.807, 2.05) is 0 Å². The summed E-state index contributed by atoms with van der Waals surface area (Å²) >= 11 is 1.15. The maximum atomic E-state index is 11.4. The van der Waals surface area contributed by atoms with Crippen LogP contribution >= 0.6 is 11.8 Å². The average molecular weight is 231 g/mol. The highest BCUT2D eigenvalue weighted by molar-refractivity contribution is 8.03. The standard InChI is InChI=1S/C9H13NO4S/c1-5-8(9(13)14-3)10(6(2)11)4-7(12)15-5/h7,12H,4H2,1-3H3. The number of hydrogen-bond acceptors (Lipinski definition) is 5. The van der Waals surface area contributed by atoms with E-state index < -0.39 is 11.4 Å². The molecule has 1 aliphatic heterocycles. The summed E-state index contributed by atoms with van der Waals surface area (Å²) in [5.41, 5.74) is -0.470. The van der Waals surface area contributed by atoms with Crippen LogP contribution in [0.4, 0.5) is 0 Å². The molecule has 0 radical (unpaired) electrons. The van der Waals surface area contributed by atoms with Gasteiger partial charge in [-0.05, 0) is 6.92 Å². The van der Waals surface area contributed by atoms with E-state index in [0.29, 0.717) is 4.91 Å². The van der Waals surface area contributed by atoms with Crippen LogP contribution in [0.5, 0.6) is 0 Å². The number of amides is 1. The lowest BCUT2D eigenvalue weighted by molar-refractivity contribution is -0.142. The highest BCUT2D eigenvalue weighted by Crippen LogP contribution is 2.31. The number of β-amino-alcohol motifs (C(OH)–C–C–N with tert-alkyl or cyclic N) is 1. The van der Waals surface area contributed by atoms with Crippen LogP contribution in [0.1, 0.15) is 13.8 Å². The highest BCUT2D eigenvalue weighted by atomic mass is 32.2. The minimum atomic E-state index is -0.692. The Kier molecular flexibility index (Phi) is 3.76. The van der Waals surface area contributed by atoms with Crippen LogP contribution in [-0.2, 0) is 14.3 Å². The van der Waals surface area contributed by atoms with Gasteiger partial charge in [-0.1, -0.05) is 11.8 Å². The largest absolute Gasteiger partial charge is 0.464 e. The van der Waals surface area contributed by atoms with Crippen LogP contribution in [0, 0.1) is 0 Å². The molecular formula is C9H13NO4S. The Bertz CT molecular complexity index is 326. The van der Waals surface area contributed by atoms with Crippen molar-refractivity contribution in [2.75, 3.05) is 13.7 Å². The topological polar surface area (TPSA) is 66.8 Å². The molecule has 5 nitrogen and oxygen atoms in total. The van der Waals surface area contributed by atoms with Gasteiger partial charge in [-0.2, -0.15) is 0 Å². The number of nitrogens with zero attached hydrogens (tertiary/aromatic N) is 1. The van der Waals surface area contributed by atoms with Crippen LogP contribution in [0.15, 0.2) is 10.6 Å². The van der Waals surface area contributed by atoms with Crippen LogP contribution in [0.25, 0.3) is 0 Å². The number of ether oxygens (including phenoxy) is 1. The van der Waals surface area contributed by atoms with Gasteiger partial charge in [-0.25, -0.2) is 4.79 Å². The molecule has 1 amide bonds. The van der Waals surface area contributed by atoms with Crippen molar-refractivity contribution >= 4 is 23.6 Å². The molecule has 84 valence electrons. The Hall–Kier alpha value is -1.01. The molecule has 0 aromatic heterocycles. The van der Waals surface area contributed by atoms with Gasteiger partial charge < -0.3 is 14.7 Å². The maximum Gasteiger partial charge on any atom is 0.355 e. The molecule has 6 heteroatoms. The molecule has 0 aliphatic carbocycles. The van der Waals surface area contributed by atoms with E-state index in [0.717, 1.165) is 11.8 Å². The molecule has 1 rings (SSSR count). The summed E-state index contributed by atoms with van der Waals surface area (Å²) in [5.74, 6) is -0.837. The molecule has 0 aromatic rings. The van der Waals surface area contributed by atoms with Crippen molar-refractivity contribution in [1.82, 2.24) is 4.90 Å². The lowest BCUT2D eigenvalue weighted by atomic mass is 10.3. The molecule has 1 aliphatic rings. The van der Waals surface area contributed by atoms with Crippen LogP contribution in [0.2, 0.25) is 0 Å². The van der Waals surface area contributed by atoms with Crippen LogP contribution < -0.4 is 0 Å². The summed E-state index contributed by atoms with van der Waals surface area (Å²) in [5, 5.41) is 9.45. The van der Waals surface area contributed by atoms with Gasteiger partial charge in [0, 0.05) is 11.8 Å². The number of rotatable bonds is 1. The number of carbonyl (C=O) groups is 2. The summed E-state index contributed by atoms with van der Waals surface area (Å²) in [6.07, 6.45) is 0. The first-order chi connectivity index (χ1) is 6.97. The summed E-state index contributed by atoms with van der Waals surface area (Å²) in [4.78, 5) is 24.5. The second-order valence-corrected chi connectivity index (χ2v) is 4.49. The number of esters is 1. The molecule has 0 aromatic carbocycles. The lowest BCUT2D eigenvalue weighted by Crippen LogP contribution is -2.40. The SMILES string of the molecule is COC(=O)C1=C(C)SC(O)CN1C(C)=O. The Morgan fingerprint density at radius 1 is 1.60 bits per heavy atom. The van der Waals surface area contributed by atoms with Gasteiger partial charge >= 0.3 is 5.97 Å². The van der Waals surface area contributed by atoms with E-state index in [1.165, 1.54) is 18.9 Å². The third-order valence-electron chi connectivity index (χ3n) is 2.01. The average Bonchev–Trinajstić information content (AvgIpc) is 2.15. The smallest absolute Gasteiger partial charge is 0.355 e. The van der Waals surface area contributed by atoms with Gasteiger partial charge in [-0.3, -0.25) is 4.79 Å². The van der Waals surface area contributed by atoms with Crippen LogP contribution in [0.3, 0.4) is 0 Å². The van der Waals surface area contributed by atoms with Crippen molar-refractivity contribution in [3.63, 3.8) is 0 Å².